The van der Waals surface area contributed by atoms with Crippen LogP contribution in [-0.2, 0) is 19.8 Å². The maximum Gasteiger partial charge on any atom is 0.433 e. The fourth-order valence-electron chi connectivity index (χ4n) is 4.28. The molecule has 10 nitrogen and oxygen atoms in total. The van der Waals surface area contributed by atoms with Crippen molar-refractivity contribution < 1.29 is 44.7 Å². The zero-order chi connectivity index (χ0) is 31.4. The number of carbonyl (C=O) groups is 2. The summed E-state index contributed by atoms with van der Waals surface area (Å²) >= 11 is 0.535. The minimum Gasteiger partial charge on any atom is -0.454 e. The van der Waals surface area contributed by atoms with Crippen LogP contribution in [0.3, 0.4) is 0 Å². The van der Waals surface area contributed by atoms with E-state index in [1.165, 1.54) is 16.9 Å². The Morgan fingerprint density at radius 1 is 1.12 bits per heavy atom. The van der Waals surface area contributed by atoms with Crippen molar-refractivity contribution >= 4 is 39.1 Å². The number of pyridine rings is 1. The molecular formula is C25H18F7N7O3S. The molecular weight excluding hydrogens is 611 g/mol. The lowest BCUT2D eigenvalue weighted by atomic mass is 10.0. The summed E-state index contributed by atoms with van der Waals surface area (Å²) in [4.78, 5) is 28.6. The summed E-state index contributed by atoms with van der Waals surface area (Å²) in [6, 6.07) is 3.69. The van der Waals surface area contributed by atoms with E-state index < -0.39 is 60.2 Å². The number of fused-ring (bicyclic) bond motifs is 1. The molecule has 0 atom stereocenters. The van der Waals surface area contributed by atoms with Crippen molar-refractivity contribution in [2.75, 3.05) is 5.32 Å². The highest BCUT2D eigenvalue weighted by Gasteiger charge is 2.35. The molecule has 2 amide bonds. The lowest BCUT2D eigenvalue weighted by Gasteiger charge is -2.12. The minimum atomic E-state index is -4.85. The molecule has 18 heteroatoms. The van der Waals surface area contributed by atoms with Crippen molar-refractivity contribution in [3.8, 4) is 11.1 Å². The van der Waals surface area contributed by atoms with Gasteiger partial charge in [0.1, 0.15) is 32.5 Å². The number of hydrogen-bond acceptors (Lipinski definition) is 7. The highest BCUT2D eigenvalue weighted by Crippen LogP contribution is 2.44. The molecule has 5 heterocycles. The number of nitrogens with zero attached hydrogens (tertiary/aromatic N) is 5. The lowest BCUT2D eigenvalue weighted by Crippen LogP contribution is -2.16. The van der Waals surface area contributed by atoms with Gasteiger partial charge in [-0.05, 0) is 36.8 Å². The highest BCUT2D eigenvalue weighted by atomic mass is 32.1. The highest BCUT2D eigenvalue weighted by molar-refractivity contribution is 7.21. The summed E-state index contributed by atoms with van der Waals surface area (Å²) in [7, 11) is 1.57. The molecule has 0 radical (unpaired) electrons. The van der Waals surface area contributed by atoms with Gasteiger partial charge in [0.25, 0.3) is 24.7 Å². The van der Waals surface area contributed by atoms with Crippen LogP contribution < -0.4 is 11.1 Å². The summed E-state index contributed by atoms with van der Waals surface area (Å²) in [6.07, 6.45) is -9.75. The Bertz CT molecular complexity index is 1870. The Labute approximate surface area is 239 Å². The number of furan rings is 1. The number of anilines is 1. The first-order chi connectivity index (χ1) is 20.1. The van der Waals surface area contributed by atoms with Gasteiger partial charge in [0, 0.05) is 23.7 Å². The van der Waals surface area contributed by atoms with Gasteiger partial charge in [-0.1, -0.05) is 0 Å². The molecule has 0 aliphatic carbocycles. The van der Waals surface area contributed by atoms with Crippen molar-refractivity contribution in [2.24, 2.45) is 12.8 Å². The number of aromatic nitrogens is 5. The Morgan fingerprint density at radius 3 is 2.42 bits per heavy atom. The fraction of sp³-hybridized carbons (Fsp3) is 0.240. The third kappa shape index (κ3) is 5.56. The number of rotatable bonds is 8. The van der Waals surface area contributed by atoms with Crippen LogP contribution in [0.5, 0.6) is 0 Å². The van der Waals surface area contributed by atoms with E-state index in [1.54, 1.807) is 14.0 Å². The van der Waals surface area contributed by atoms with Crippen LogP contribution in [0.2, 0.25) is 0 Å². The van der Waals surface area contributed by atoms with Crippen molar-refractivity contribution in [2.45, 2.75) is 32.5 Å². The van der Waals surface area contributed by atoms with E-state index in [4.69, 9.17) is 10.2 Å². The Hall–Kier alpha value is -4.74. The van der Waals surface area contributed by atoms with Gasteiger partial charge in [-0.3, -0.25) is 19.0 Å². The number of hydrogen-bond donors (Lipinski definition) is 2. The van der Waals surface area contributed by atoms with Crippen molar-refractivity contribution in [1.82, 2.24) is 24.5 Å². The van der Waals surface area contributed by atoms with Crippen LogP contribution in [0, 0.1) is 6.92 Å². The number of aryl methyl sites for hydroxylation is 1. The van der Waals surface area contributed by atoms with Crippen LogP contribution in [0.1, 0.15) is 61.6 Å². The second-order valence-corrected chi connectivity index (χ2v) is 10.1. The second kappa shape index (κ2) is 10.8. The van der Waals surface area contributed by atoms with Gasteiger partial charge >= 0.3 is 6.18 Å². The monoisotopic (exact) mass is 629 g/mol. The molecule has 43 heavy (non-hydrogen) atoms. The largest absolute Gasteiger partial charge is 0.454 e. The summed E-state index contributed by atoms with van der Waals surface area (Å²) in [5.41, 5.74) is 3.05. The third-order valence-electron chi connectivity index (χ3n) is 6.41. The molecule has 226 valence electrons. The first-order valence-electron chi connectivity index (χ1n) is 12.0. The van der Waals surface area contributed by atoms with E-state index in [1.807, 2.05) is 0 Å². The average molecular weight is 630 g/mol. The summed E-state index contributed by atoms with van der Waals surface area (Å²) < 4.78 is 101. The number of halogens is 7. The molecule has 0 bridgehead atoms. The van der Waals surface area contributed by atoms with Crippen molar-refractivity contribution in [3.05, 3.63) is 69.6 Å². The SMILES string of the molecule is Cc1c(-c2cc(C(F)(F)F)nc3sc(C(N)=O)c(NC(=O)c4ccc(Cn5nc(C(F)F)cc5C(F)F)o4)c23)cnn1C. The van der Waals surface area contributed by atoms with Gasteiger partial charge in [-0.25, -0.2) is 22.5 Å². The van der Waals surface area contributed by atoms with Crippen molar-refractivity contribution in [1.29, 1.82) is 0 Å². The van der Waals surface area contributed by atoms with E-state index in [2.05, 4.69) is 20.5 Å². The number of thiophene rings is 1. The molecule has 0 saturated heterocycles. The van der Waals surface area contributed by atoms with Crippen LogP contribution >= 0.6 is 11.3 Å². The number of nitrogens with two attached hydrogens (primary N) is 1. The number of amides is 2. The molecule has 5 rings (SSSR count). The van der Waals surface area contributed by atoms with Gasteiger partial charge in [-0.2, -0.15) is 23.4 Å². The molecule has 3 N–H and O–H groups in total. The maximum atomic E-state index is 13.7. The summed E-state index contributed by atoms with van der Waals surface area (Å²) in [6.45, 7) is 1.08. The molecule has 5 aromatic rings. The molecule has 0 spiro atoms. The second-order valence-electron chi connectivity index (χ2n) is 9.14. The van der Waals surface area contributed by atoms with E-state index in [-0.39, 0.29) is 37.7 Å². The molecule has 0 fully saturated rings. The van der Waals surface area contributed by atoms with Gasteiger partial charge < -0.3 is 15.5 Å². The van der Waals surface area contributed by atoms with Crippen LogP contribution in [0.4, 0.5) is 36.4 Å². The minimum absolute atomic E-state index is 0.0133. The van der Waals surface area contributed by atoms with Gasteiger partial charge in [0.15, 0.2) is 5.76 Å². The topological polar surface area (TPSA) is 134 Å². The van der Waals surface area contributed by atoms with Gasteiger partial charge in [0.2, 0.25) is 0 Å². The molecule has 0 unspecified atom stereocenters. The number of nitrogens with one attached hydrogen (secondary N) is 1. The van der Waals surface area contributed by atoms with Crippen LogP contribution in [0.25, 0.3) is 21.3 Å². The average Bonchev–Trinajstić information content (AvgIpc) is 3.70. The van der Waals surface area contributed by atoms with E-state index in [0.29, 0.717) is 27.8 Å². The van der Waals surface area contributed by atoms with E-state index in [9.17, 15) is 40.3 Å². The quantitative estimate of drug-likeness (QED) is 0.200. The first-order valence-corrected chi connectivity index (χ1v) is 12.8. The van der Waals surface area contributed by atoms with E-state index in [0.717, 1.165) is 12.1 Å². The first kappa shape index (κ1) is 29.7. The van der Waals surface area contributed by atoms with E-state index >= 15 is 0 Å². The Kier molecular flexibility index (Phi) is 7.49. The fourth-order valence-corrected chi connectivity index (χ4v) is 5.29. The summed E-state index contributed by atoms with van der Waals surface area (Å²) in [5.74, 6) is -2.55. The van der Waals surface area contributed by atoms with Crippen LogP contribution in [0.15, 0.2) is 34.9 Å². The standard InChI is InChI=1S/C25H18F7N7O3S/c1-9-12(7-34-38(9)2)11-5-16(25(30,31)32)35-24-17(11)18(19(43-24)22(33)40)36-23(41)15-4-3-10(42-15)8-39-14(21(28)29)6-13(37-39)20(26)27/h3-7,20-21H,8H2,1-2H3,(H2,33,40)(H,36,41). The van der Waals surface area contributed by atoms with Gasteiger partial charge in [-0.15, -0.1) is 11.3 Å². The Morgan fingerprint density at radius 2 is 1.84 bits per heavy atom. The number of carbonyl (C=O) groups excluding carboxylic acids is 2. The van der Waals surface area contributed by atoms with Crippen LogP contribution in [-0.4, -0.2) is 36.4 Å². The number of primary amides is 1. The predicted molar refractivity (Wildman–Crippen MR) is 138 cm³/mol. The number of alkyl halides is 7. The maximum absolute atomic E-state index is 13.7. The van der Waals surface area contributed by atoms with Crippen molar-refractivity contribution in [3.63, 3.8) is 0 Å². The Balaban J connectivity index is 1.55. The molecule has 0 aliphatic rings. The zero-order valence-corrected chi connectivity index (χ0v) is 22.7. The smallest absolute Gasteiger partial charge is 0.433 e. The molecule has 0 saturated carbocycles. The molecule has 0 aromatic carbocycles. The molecule has 0 aliphatic heterocycles. The van der Waals surface area contributed by atoms with Gasteiger partial charge in [0.05, 0.1) is 18.4 Å². The zero-order valence-electron chi connectivity index (χ0n) is 21.8. The predicted octanol–water partition coefficient (Wildman–Crippen LogP) is 6.09. The summed E-state index contributed by atoms with van der Waals surface area (Å²) in [5, 5.41) is 9.95. The lowest BCUT2D eigenvalue weighted by molar-refractivity contribution is -0.140. The third-order valence-corrected chi connectivity index (χ3v) is 7.51. The normalized spacial score (nSPS) is 12.2. The molecule has 5 aromatic heterocycles.